The van der Waals surface area contributed by atoms with Gasteiger partial charge in [0.15, 0.2) is 5.13 Å². The van der Waals surface area contributed by atoms with Crippen LogP contribution in [0.4, 0.5) is 4.39 Å². The Morgan fingerprint density at radius 1 is 0.955 bits per heavy atom. The monoisotopic (exact) mass is 327 g/mol. The molecule has 4 aromatic rings. The molecule has 22 heavy (non-hydrogen) atoms. The highest BCUT2D eigenvalue weighted by atomic mass is 35.5. The van der Waals surface area contributed by atoms with Gasteiger partial charge in [-0.3, -0.25) is 0 Å². The predicted octanol–water partition coefficient (Wildman–Crippen LogP) is 6.15. The van der Waals surface area contributed by atoms with E-state index >= 15 is 0 Å². The van der Waals surface area contributed by atoms with Crippen LogP contribution in [0, 0.1) is 5.13 Å². The van der Waals surface area contributed by atoms with E-state index in [1.807, 2.05) is 65.4 Å². The smallest absolute Gasteiger partial charge is 0.179 e. The molecule has 2 heterocycles. The first-order valence-electron chi connectivity index (χ1n) is 6.84. The minimum absolute atomic E-state index is 0.197. The Hall–Kier alpha value is -2.10. The molecule has 0 fully saturated rings. The summed E-state index contributed by atoms with van der Waals surface area (Å²) in [6.07, 6.45) is 1.95. The van der Waals surface area contributed by atoms with Crippen LogP contribution < -0.4 is 0 Å². The van der Waals surface area contributed by atoms with Crippen LogP contribution in [0.2, 0.25) is 5.02 Å². The third kappa shape index (κ3) is 2.23. The fraction of sp³-hybridized carbons (Fsp3) is 0. The number of rotatable bonds is 2. The summed E-state index contributed by atoms with van der Waals surface area (Å²) in [4.78, 5) is 0.913. The van der Waals surface area contributed by atoms with Crippen LogP contribution >= 0.6 is 22.9 Å². The maximum Gasteiger partial charge on any atom is 0.179 e. The van der Waals surface area contributed by atoms with E-state index in [0.29, 0.717) is 5.02 Å². The first kappa shape index (κ1) is 13.6. The average Bonchev–Trinajstić information content (AvgIpc) is 3.11. The number of hydrogen-bond acceptors (Lipinski definition) is 1. The third-order valence-electron chi connectivity index (χ3n) is 3.63. The van der Waals surface area contributed by atoms with E-state index in [4.69, 9.17) is 11.6 Å². The molecule has 0 atom stereocenters. The largest absolute Gasteiger partial charge is 0.315 e. The normalized spacial score (nSPS) is 11.2. The molecule has 0 aliphatic carbocycles. The Bertz CT molecular complexity index is 956. The molecule has 4 rings (SSSR count). The van der Waals surface area contributed by atoms with E-state index < -0.39 is 0 Å². The summed E-state index contributed by atoms with van der Waals surface area (Å²) in [5, 5.41) is 1.55. The summed E-state index contributed by atoms with van der Waals surface area (Å²) in [7, 11) is 0. The minimum Gasteiger partial charge on any atom is -0.315 e. The summed E-state index contributed by atoms with van der Waals surface area (Å²) >= 11 is 7.27. The molecule has 4 heteroatoms. The molecule has 108 valence electrons. The zero-order valence-corrected chi connectivity index (χ0v) is 13.0. The Balaban J connectivity index is 1.98. The summed E-state index contributed by atoms with van der Waals surface area (Å²) < 4.78 is 15.9. The Labute approximate surface area is 136 Å². The number of nitrogens with zero attached hydrogens (tertiary/aromatic N) is 1. The van der Waals surface area contributed by atoms with Gasteiger partial charge in [0.1, 0.15) is 0 Å². The lowest BCUT2D eigenvalue weighted by atomic mass is 10.1. The van der Waals surface area contributed by atoms with Gasteiger partial charge in [0.25, 0.3) is 0 Å². The second-order valence-electron chi connectivity index (χ2n) is 5.02. The lowest BCUT2D eigenvalue weighted by molar-refractivity contribution is 0.657. The molecule has 0 saturated heterocycles. The van der Waals surface area contributed by atoms with Crippen molar-refractivity contribution in [1.82, 2.24) is 4.57 Å². The van der Waals surface area contributed by atoms with E-state index in [2.05, 4.69) is 0 Å². The number of hydrogen-bond donors (Lipinski definition) is 0. The van der Waals surface area contributed by atoms with Crippen molar-refractivity contribution in [3.63, 3.8) is 0 Å². The number of halogens is 2. The molecule has 2 aromatic heterocycles. The van der Waals surface area contributed by atoms with Crippen molar-refractivity contribution in [2.45, 2.75) is 0 Å². The molecule has 0 bridgehead atoms. The van der Waals surface area contributed by atoms with Crippen molar-refractivity contribution in [3.8, 4) is 16.1 Å². The highest BCUT2D eigenvalue weighted by molar-refractivity contribution is 7.14. The van der Waals surface area contributed by atoms with Crippen LogP contribution in [0.15, 0.2) is 66.9 Å². The van der Waals surface area contributed by atoms with Crippen molar-refractivity contribution >= 4 is 33.8 Å². The molecule has 0 N–H and O–H groups in total. The first-order valence-corrected chi connectivity index (χ1v) is 8.03. The topological polar surface area (TPSA) is 4.93 Å². The molecule has 0 aliphatic rings. The number of fused-ring (bicyclic) bond motifs is 1. The standard InChI is InChI=1S/C18H11ClFNS/c19-14-7-6-12-8-9-21(15(12)10-14)16-11-17(20)22-18(16)13-4-2-1-3-5-13/h1-11H. The predicted molar refractivity (Wildman–Crippen MR) is 91.6 cm³/mol. The van der Waals surface area contributed by atoms with E-state index in [1.54, 1.807) is 6.07 Å². The van der Waals surface area contributed by atoms with E-state index in [1.165, 1.54) is 0 Å². The molecular formula is C18H11ClFNS. The van der Waals surface area contributed by atoms with Gasteiger partial charge in [-0.05, 0) is 23.8 Å². The summed E-state index contributed by atoms with van der Waals surface area (Å²) in [6, 6.07) is 19.2. The highest BCUT2D eigenvalue weighted by Crippen LogP contribution is 2.36. The molecule has 0 radical (unpaired) electrons. The molecule has 0 saturated carbocycles. The number of aromatic nitrogens is 1. The van der Waals surface area contributed by atoms with Crippen LogP contribution in [0.25, 0.3) is 27.0 Å². The van der Waals surface area contributed by atoms with Gasteiger partial charge in [-0.15, -0.1) is 11.3 Å². The fourth-order valence-electron chi connectivity index (χ4n) is 2.64. The zero-order valence-electron chi connectivity index (χ0n) is 11.5. The van der Waals surface area contributed by atoms with Crippen LogP contribution in [0.5, 0.6) is 0 Å². The molecular weight excluding hydrogens is 317 g/mol. The lowest BCUT2D eigenvalue weighted by Gasteiger charge is -2.07. The number of benzene rings is 2. The van der Waals surface area contributed by atoms with Crippen molar-refractivity contribution in [3.05, 3.63) is 77.0 Å². The molecule has 0 unspecified atom stereocenters. The van der Waals surface area contributed by atoms with Gasteiger partial charge >= 0.3 is 0 Å². The van der Waals surface area contributed by atoms with Crippen LogP contribution in [-0.4, -0.2) is 4.57 Å². The first-order chi connectivity index (χ1) is 10.7. The second-order valence-corrected chi connectivity index (χ2v) is 6.46. The Morgan fingerprint density at radius 2 is 1.77 bits per heavy atom. The SMILES string of the molecule is Fc1cc(-n2ccc3ccc(Cl)cc32)c(-c2ccccc2)s1. The third-order valence-corrected chi connectivity index (χ3v) is 4.83. The summed E-state index contributed by atoms with van der Waals surface area (Å²) in [5.74, 6) is 0. The van der Waals surface area contributed by atoms with Gasteiger partial charge < -0.3 is 4.57 Å². The van der Waals surface area contributed by atoms with Gasteiger partial charge in [0, 0.05) is 22.7 Å². The zero-order chi connectivity index (χ0) is 15.1. The molecule has 0 spiro atoms. The van der Waals surface area contributed by atoms with E-state index in [-0.39, 0.29) is 5.13 Å². The summed E-state index contributed by atoms with van der Waals surface area (Å²) in [6.45, 7) is 0. The number of thiophene rings is 1. The van der Waals surface area contributed by atoms with Crippen molar-refractivity contribution in [2.24, 2.45) is 0 Å². The van der Waals surface area contributed by atoms with Crippen LogP contribution in [0.1, 0.15) is 0 Å². The van der Waals surface area contributed by atoms with Crippen molar-refractivity contribution in [2.75, 3.05) is 0 Å². The van der Waals surface area contributed by atoms with Gasteiger partial charge in [0.2, 0.25) is 0 Å². The van der Waals surface area contributed by atoms with Crippen molar-refractivity contribution in [1.29, 1.82) is 0 Å². The van der Waals surface area contributed by atoms with E-state index in [0.717, 1.165) is 38.4 Å². The lowest BCUT2D eigenvalue weighted by Crippen LogP contribution is -1.91. The average molecular weight is 328 g/mol. The second kappa shape index (κ2) is 5.27. The molecule has 2 aromatic carbocycles. The molecule has 0 amide bonds. The highest BCUT2D eigenvalue weighted by Gasteiger charge is 2.14. The quantitative estimate of drug-likeness (QED) is 0.416. The van der Waals surface area contributed by atoms with Crippen LogP contribution in [0.3, 0.4) is 0 Å². The summed E-state index contributed by atoms with van der Waals surface area (Å²) in [5.41, 5.74) is 2.82. The van der Waals surface area contributed by atoms with E-state index in [9.17, 15) is 4.39 Å². The minimum atomic E-state index is -0.197. The van der Waals surface area contributed by atoms with Gasteiger partial charge in [0.05, 0.1) is 16.1 Å². The molecule has 1 nitrogen and oxygen atoms in total. The maximum atomic E-state index is 13.9. The van der Waals surface area contributed by atoms with Gasteiger partial charge in [-0.25, -0.2) is 0 Å². The molecule has 0 aliphatic heterocycles. The maximum absolute atomic E-state index is 13.9. The van der Waals surface area contributed by atoms with Crippen LogP contribution in [-0.2, 0) is 0 Å². The van der Waals surface area contributed by atoms with Crippen molar-refractivity contribution < 1.29 is 4.39 Å². The Morgan fingerprint density at radius 3 is 2.59 bits per heavy atom. The Kier molecular flexibility index (Phi) is 3.25. The fourth-order valence-corrected chi connectivity index (χ4v) is 3.69. The van der Waals surface area contributed by atoms with Gasteiger partial charge in [-0.2, -0.15) is 4.39 Å². The van der Waals surface area contributed by atoms with Gasteiger partial charge in [-0.1, -0.05) is 48.0 Å².